The van der Waals surface area contributed by atoms with Crippen molar-refractivity contribution in [3.8, 4) is 28.7 Å². The summed E-state index contributed by atoms with van der Waals surface area (Å²) >= 11 is 0. The zero-order valence-corrected chi connectivity index (χ0v) is 37.8. The molecule has 1 saturated carbocycles. The molecule has 0 spiro atoms. The van der Waals surface area contributed by atoms with Crippen molar-refractivity contribution in [1.82, 2.24) is 4.90 Å². The first kappa shape index (κ1) is 47.5. The molecule has 3 aliphatic heterocycles. The number of aliphatic hydroxyl groups excluding tert-OH is 2. The molecule has 5 aliphatic rings. The van der Waals surface area contributed by atoms with Crippen LogP contribution in [0, 0.1) is 27.9 Å². The minimum atomic E-state index is -1.57. The number of nitro groups is 1. The Bertz CT molecular complexity index is 2290. The van der Waals surface area contributed by atoms with Gasteiger partial charge in [0.25, 0.3) is 5.69 Å². The van der Waals surface area contributed by atoms with E-state index in [-0.39, 0.29) is 69.6 Å². The van der Waals surface area contributed by atoms with Gasteiger partial charge in [0.2, 0.25) is 18.9 Å². The van der Waals surface area contributed by atoms with Crippen LogP contribution >= 0.6 is 0 Å². The first-order valence-electron chi connectivity index (χ1n) is 23.5. The zero-order valence-electron chi connectivity index (χ0n) is 37.8. The maximum atomic E-state index is 14.8. The van der Waals surface area contributed by atoms with Gasteiger partial charge in [-0.25, -0.2) is 4.79 Å². The number of carbonyl (C=O) groups excluding carboxylic acids is 1. The third-order valence-corrected chi connectivity index (χ3v) is 13.3. The second-order valence-corrected chi connectivity index (χ2v) is 17.5. The minimum absolute atomic E-state index is 0.0211. The summed E-state index contributed by atoms with van der Waals surface area (Å²) in [5, 5.41) is 36.7. The predicted octanol–water partition coefficient (Wildman–Crippen LogP) is 9.49. The number of benzene rings is 3. The molecule has 67 heavy (non-hydrogen) atoms. The zero-order chi connectivity index (χ0) is 46.8. The van der Waals surface area contributed by atoms with E-state index >= 15 is 0 Å². The normalized spacial score (nSPS) is 25.2. The number of amides is 1. The number of aliphatic hydroxyl groups is 2. The molecule has 1 amide bonds. The topological polar surface area (TPSA) is 190 Å². The molecule has 3 aromatic carbocycles. The number of oxime groups is 1. The number of hydrogen-bond acceptors (Lipinski definition) is 14. The van der Waals surface area contributed by atoms with Crippen molar-refractivity contribution in [2.45, 2.75) is 101 Å². The standard InChI is InChI=1S/C51H61N3O13/c1-3-5-25-61-50(57)53(32-34-18-20-44-45(27-34)63-33-62-44)46-31-42(52-67-47-17-8-11-26-60-47)40-28-35(13-6-9-22-55)39(16-7-10-23-56)48-41-30-38(65-37-15-12-14-36(29-37)54(58)59)19-21-43(41)66-51(46,49(40)48)64-24-4-2/h3-4,12,14-15,18-21,27-30,35,39,46-49,55-56H,1-2,5-11,13,16-17,22-26,31-33H2. The van der Waals surface area contributed by atoms with Gasteiger partial charge in [-0.1, -0.05) is 48.4 Å². The predicted molar refractivity (Wildman–Crippen MR) is 247 cm³/mol. The Morgan fingerprint density at radius 1 is 0.955 bits per heavy atom. The summed E-state index contributed by atoms with van der Waals surface area (Å²) < 4.78 is 44.3. The average Bonchev–Trinajstić information content (AvgIpc) is 3.82. The Hall–Kier alpha value is -5.94. The summed E-state index contributed by atoms with van der Waals surface area (Å²) in [4.78, 5) is 34.1. The summed E-state index contributed by atoms with van der Waals surface area (Å²) in [6.45, 7) is 8.82. The Balaban J connectivity index is 1.33. The summed E-state index contributed by atoms with van der Waals surface area (Å²) in [6.07, 6.45) is 11.8. The number of ether oxygens (including phenoxy) is 7. The van der Waals surface area contributed by atoms with E-state index in [9.17, 15) is 25.1 Å². The van der Waals surface area contributed by atoms with Gasteiger partial charge in [-0.3, -0.25) is 15.0 Å². The van der Waals surface area contributed by atoms with Crippen LogP contribution in [-0.2, 0) is 25.6 Å². The van der Waals surface area contributed by atoms with Crippen LogP contribution in [0.3, 0.4) is 0 Å². The SMILES string of the molecule is C=CCCOC(=O)N(Cc1ccc2c(c1)OCO2)C1CC(=NOC2CCCCO2)C2=CC(CCCCO)C(CCCCO)C3c4cc(Oc5cccc([N+](=O)[O-])c5)ccc4OC1(OCC=C)C23. The maximum absolute atomic E-state index is 14.8. The van der Waals surface area contributed by atoms with Crippen molar-refractivity contribution in [2.24, 2.45) is 22.9 Å². The molecule has 1 saturated heterocycles. The van der Waals surface area contributed by atoms with Crippen molar-refractivity contribution in [2.75, 3.05) is 39.8 Å². The minimum Gasteiger partial charge on any atom is -0.459 e. The smallest absolute Gasteiger partial charge is 0.410 e. The van der Waals surface area contributed by atoms with Crippen molar-refractivity contribution < 1.29 is 57.9 Å². The molecule has 16 heteroatoms. The third-order valence-electron chi connectivity index (χ3n) is 13.3. The number of non-ortho nitro benzene ring substituents is 1. The van der Waals surface area contributed by atoms with Gasteiger partial charge in [0.05, 0.1) is 42.4 Å². The molecule has 3 heterocycles. The van der Waals surface area contributed by atoms with Crippen LogP contribution in [0.5, 0.6) is 28.7 Å². The second-order valence-electron chi connectivity index (χ2n) is 17.5. The molecular formula is C51H61N3O13. The lowest BCUT2D eigenvalue weighted by Gasteiger charge is -2.59. The van der Waals surface area contributed by atoms with Gasteiger partial charge >= 0.3 is 6.09 Å². The van der Waals surface area contributed by atoms with Crippen LogP contribution in [0.15, 0.2) is 103 Å². The number of unbranched alkanes of at least 4 members (excludes halogenated alkanes) is 2. The maximum Gasteiger partial charge on any atom is 0.410 e. The van der Waals surface area contributed by atoms with Gasteiger partial charge in [-0.2, -0.15) is 0 Å². The van der Waals surface area contributed by atoms with Gasteiger partial charge < -0.3 is 48.2 Å². The Morgan fingerprint density at radius 3 is 2.54 bits per heavy atom. The lowest BCUT2D eigenvalue weighted by atomic mass is 9.55. The quantitative estimate of drug-likeness (QED) is 0.0420. The Kier molecular flexibility index (Phi) is 15.8. The Morgan fingerprint density at radius 2 is 1.76 bits per heavy atom. The van der Waals surface area contributed by atoms with Crippen molar-refractivity contribution in [3.63, 3.8) is 0 Å². The van der Waals surface area contributed by atoms with Crippen molar-refractivity contribution >= 4 is 17.5 Å². The van der Waals surface area contributed by atoms with Crippen LogP contribution in [0.25, 0.3) is 0 Å². The van der Waals surface area contributed by atoms with E-state index in [0.29, 0.717) is 66.7 Å². The molecule has 0 radical (unpaired) electrons. The van der Waals surface area contributed by atoms with Gasteiger partial charge in [-0.15, -0.1) is 13.2 Å². The molecule has 2 N–H and O–H groups in total. The highest BCUT2D eigenvalue weighted by molar-refractivity contribution is 6.03. The van der Waals surface area contributed by atoms with E-state index in [1.54, 1.807) is 35.3 Å². The van der Waals surface area contributed by atoms with Crippen LogP contribution in [0.4, 0.5) is 10.5 Å². The number of hydrogen-bond donors (Lipinski definition) is 2. The molecule has 358 valence electrons. The lowest BCUT2D eigenvalue weighted by Crippen LogP contribution is -2.70. The number of nitrogens with zero attached hydrogens (tertiary/aromatic N) is 3. The van der Waals surface area contributed by atoms with E-state index < -0.39 is 35.1 Å². The van der Waals surface area contributed by atoms with Crippen molar-refractivity contribution in [1.29, 1.82) is 0 Å². The monoisotopic (exact) mass is 923 g/mol. The van der Waals surface area contributed by atoms with Crippen molar-refractivity contribution in [3.05, 3.63) is 119 Å². The summed E-state index contributed by atoms with van der Waals surface area (Å²) in [6, 6.07) is 16.2. The summed E-state index contributed by atoms with van der Waals surface area (Å²) in [5.41, 5.74) is 2.94. The average molecular weight is 924 g/mol. The van der Waals surface area contributed by atoms with E-state index in [1.807, 2.05) is 30.3 Å². The summed E-state index contributed by atoms with van der Waals surface area (Å²) in [5.74, 6) is -0.217. The fourth-order valence-electron chi connectivity index (χ4n) is 10.3. The van der Waals surface area contributed by atoms with Gasteiger partial charge in [-0.05, 0) is 104 Å². The molecule has 0 aromatic heterocycles. The lowest BCUT2D eigenvalue weighted by molar-refractivity contribution is -0.384. The van der Waals surface area contributed by atoms with Gasteiger partial charge in [0, 0.05) is 50.1 Å². The number of nitro benzene ring substituents is 1. The van der Waals surface area contributed by atoms with Crippen LogP contribution < -0.4 is 18.9 Å². The third kappa shape index (κ3) is 10.6. The van der Waals surface area contributed by atoms with Gasteiger partial charge in [0.15, 0.2) is 11.5 Å². The fraction of sp³-hybridized carbons (Fsp3) is 0.490. The molecule has 2 fully saturated rings. The number of fused-ring (bicyclic) bond motifs is 3. The molecule has 16 nitrogen and oxygen atoms in total. The number of allylic oxidation sites excluding steroid dienone is 1. The van der Waals surface area contributed by atoms with E-state index in [4.69, 9.17) is 43.2 Å². The highest BCUT2D eigenvalue weighted by Crippen LogP contribution is 2.62. The first-order valence-corrected chi connectivity index (χ1v) is 23.5. The molecule has 2 aliphatic carbocycles. The largest absolute Gasteiger partial charge is 0.459 e. The van der Waals surface area contributed by atoms with Crippen LogP contribution in [0.1, 0.15) is 87.7 Å². The molecule has 8 rings (SSSR count). The van der Waals surface area contributed by atoms with Gasteiger partial charge in [0.1, 0.15) is 23.3 Å². The number of carbonyl (C=O) groups is 1. The summed E-state index contributed by atoms with van der Waals surface area (Å²) in [7, 11) is 0. The van der Waals surface area contributed by atoms with Crippen LogP contribution in [-0.4, -0.2) is 89.8 Å². The molecule has 0 bridgehead atoms. The highest BCUT2D eigenvalue weighted by Gasteiger charge is 2.66. The fourth-order valence-corrected chi connectivity index (χ4v) is 10.3. The molecule has 7 atom stereocenters. The first-order chi connectivity index (χ1) is 32.8. The highest BCUT2D eigenvalue weighted by atomic mass is 16.8. The molecular weight excluding hydrogens is 863 g/mol. The number of rotatable bonds is 22. The molecule has 3 aromatic rings. The van der Waals surface area contributed by atoms with E-state index in [1.165, 1.54) is 12.1 Å². The van der Waals surface area contributed by atoms with Crippen LogP contribution in [0.2, 0.25) is 0 Å². The van der Waals surface area contributed by atoms with E-state index in [0.717, 1.165) is 55.2 Å². The molecule has 7 unspecified atom stereocenters. The second kappa shape index (κ2) is 22.2. The van der Waals surface area contributed by atoms with E-state index in [2.05, 4.69) is 19.2 Å². The Labute approximate surface area is 390 Å².